The number of hydrogen-bond donors (Lipinski definition) is 1. The Morgan fingerprint density at radius 3 is 2.84 bits per heavy atom. The quantitative estimate of drug-likeness (QED) is 0.674. The predicted octanol–water partition coefficient (Wildman–Crippen LogP) is 2.07. The Bertz CT molecular complexity index is 810. The summed E-state index contributed by atoms with van der Waals surface area (Å²) in [5.41, 5.74) is 0.482. The number of aromatic nitrogens is 1. The van der Waals surface area contributed by atoms with E-state index >= 15 is 0 Å². The van der Waals surface area contributed by atoms with E-state index in [0.29, 0.717) is 17.2 Å². The molecule has 1 atom stereocenters. The Kier molecular flexibility index (Phi) is 3.96. The van der Waals surface area contributed by atoms with Crippen LogP contribution in [-0.2, 0) is 0 Å². The van der Waals surface area contributed by atoms with Crippen molar-refractivity contribution in [1.29, 1.82) is 0 Å². The molecule has 2 bridgehead atoms. The standard InChI is InChI=1S/C17H18N4O4/c22-16(19-14-10-20-6-4-11(14)5-7-20)17-18-9-15(25-17)12-2-1-3-13(8-12)21(23)24/h1-3,8-9,11,14H,4-7,10H2,(H,19,22). The van der Waals surface area contributed by atoms with Crippen molar-refractivity contribution >= 4 is 11.6 Å². The van der Waals surface area contributed by atoms with Crippen LogP contribution in [0, 0.1) is 16.0 Å². The van der Waals surface area contributed by atoms with E-state index in [2.05, 4.69) is 15.2 Å². The van der Waals surface area contributed by atoms with Crippen LogP contribution in [-0.4, -0.2) is 46.4 Å². The lowest BCUT2D eigenvalue weighted by molar-refractivity contribution is -0.384. The number of nitro benzene ring substituents is 1. The maximum atomic E-state index is 12.4. The molecule has 2 aromatic rings. The smallest absolute Gasteiger partial charge is 0.307 e. The molecule has 0 radical (unpaired) electrons. The SMILES string of the molecule is O=C(NC1CN2CCC1CC2)c1ncc(-c2cccc([N+](=O)[O-])c2)o1. The first-order chi connectivity index (χ1) is 12.1. The third kappa shape index (κ3) is 3.12. The lowest BCUT2D eigenvalue weighted by atomic mass is 9.84. The van der Waals surface area contributed by atoms with Gasteiger partial charge in [-0.25, -0.2) is 4.98 Å². The zero-order valence-electron chi connectivity index (χ0n) is 13.6. The number of hydrogen-bond acceptors (Lipinski definition) is 6. The normalized spacial score (nSPS) is 24.9. The summed E-state index contributed by atoms with van der Waals surface area (Å²) in [7, 11) is 0. The molecular weight excluding hydrogens is 324 g/mol. The summed E-state index contributed by atoms with van der Waals surface area (Å²) in [6.45, 7) is 3.08. The largest absolute Gasteiger partial charge is 0.432 e. The molecule has 8 heteroatoms. The molecule has 3 fully saturated rings. The van der Waals surface area contributed by atoms with Crippen LogP contribution in [0.1, 0.15) is 23.5 Å². The van der Waals surface area contributed by atoms with E-state index in [1.807, 2.05) is 0 Å². The van der Waals surface area contributed by atoms with Gasteiger partial charge in [-0.1, -0.05) is 12.1 Å². The number of amides is 1. The van der Waals surface area contributed by atoms with Gasteiger partial charge in [0.1, 0.15) is 0 Å². The maximum absolute atomic E-state index is 12.4. The molecule has 1 aromatic carbocycles. The van der Waals surface area contributed by atoms with Crippen LogP contribution in [0.25, 0.3) is 11.3 Å². The van der Waals surface area contributed by atoms with Gasteiger partial charge in [-0.15, -0.1) is 0 Å². The number of nitrogens with zero attached hydrogens (tertiary/aromatic N) is 3. The fourth-order valence-electron chi connectivity index (χ4n) is 3.64. The highest BCUT2D eigenvalue weighted by molar-refractivity contribution is 5.90. The van der Waals surface area contributed by atoms with Gasteiger partial charge >= 0.3 is 5.91 Å². The fraction of sp³-hybridized carbons (Fsp3) is 0.412. The monoisotopic (exact) mass is 342 g/mol. The zero-order chi connectivity index (χ0) is 17.4. The number of non-ortho nitro benzene ring substituents is 1. The molecule has 1 N–H and O–H groups in total. The third-order valence-electron chi connectivity index (χ3n) is 5.01. The molecule has 1 amide bonds. The number of carbonyl (C=O) groups excluding carboxylic acids is 1. The number of carbonyl (C=O) groups is 1. The van der Waals surface area contributed by atoms with Gasteiger partial charge < -0.3 is 14.6 Å². The van der Waals surface area contributed by atoms with Crippen LogP contribution in [0.5, 0.6) is 0 Å². The van der Waals surface area contributed by atoms with Crippen molar-refractivity contribution in [3.63, 3.8) is 0 Å². The number of nitrogens with one attached hydrogen (secondary N) is 1. The molecule has 8 nitrogen and oxygen atoms in total. The number of piperidine rings is 3. The van der Waals surface area contributed by atoms with Crippen LogP contribution in [0.2, 0.25) is 0 Å². The highest BCUT2D eigenvalue weighted by Crippen LogP contribution is 2.28. The molecule has 130 valence electrons. The van der Waals surface area contributed by atoms with Gasteiger partial charge in [-0.05, 0) is 31.8 Å². The van der Waals surface area contributed by atoms with E-state index in [0.717, 1.165) is 32.5 Å². The molecule has 25 heavy (non-hydrogen) atoms. The first-order valence-corrected chi connectivity index (χ1v) is 8.34. The van der Waals surface area contributed by atoms with E-state index in [-0.39, 0.29) is 23.5 Å². The summed E-state index contributed by atoms with van der Waals surface area (Å²) in [5, 5.41) is 13.9. The van der Waals surface area contributed by atoms with Crippen molar-refractivity contribution in [1.82, 2.24) is 15.2 Å². The van der Waals surface area contributed by atoms with Crippen LogP contribution in [0.3, 0.4) is 0 Å². The lowest BCUT2D eigenvalue weighted by Crippen LogP contribution is -2.57. The number of nitro groups is 1. The Morgan fingerprint density at radius 1 is 1.36 bits per heavy atom. The number of oxazole rings is 1. The maximum Gasteiger partial charge on any atom is 0.307 e. The van der Waals surface area contributed by atoms with Crippen molar-refractivity contribution in [2.24, 2.45) is 5.92 Å². The first-order valence-electron chi connectivity index (χ1n) is 8.34. The van der Waals surface area contributed by atoms with Gasteiger partial charge in [0.2, 0.25) is 0 Å². The van der Waals surface area contributed by atoms with E-state index in [1.54, 1.807) is 12.1 Å². The van der Waals surface area contributed by atoms with Crippen LogP contribution in [0.15, 0.2) is 34.9 Å². The molecule has 0 aliphatic carbocycles. The molecular formula is C17H18N4O4. The molecule has 1 unspecified atom stereocenters. The van der Waals surface area contributed by atoms with E-state index < -0.39 is 4.92 Å². The second kappa shape index (κ2) is 6.29. The van der Waals surface area contributed by atoms with Gasteiger partial charge in [0, 0.05) is 30.3 Å². The summed E-state index contributed by atoms with van der Waals surface area (Å²) in [6.07, 6.45) is 3.63. The van der Waals surface area contributed by atoms with Crippen molar-refractivity contribution in [3.05, 3.63) is 46.5 Å². The average Bonchev–Trinajstić information content (AvgIpc) is 3.13. The van der Waals surface area contributed by atoms with Gasteiger partial charge in [0.25, 0.3) is 11.6 Å². The average molecular weight is 342 g/mol. The Hall–Kier alpha value is -2.74. The van der Waals surface area contributed by atoms with E-state index in [9.17, 15) is 14.9 Å². The summed E-state index contributed by atoms with van der Waals surface area (Å²) in [6, 6.07) is 6.19. The number of rotatable bonds is 4. The van der Waals surface area contributed by atoms with Gasteiger partial charge in [0.05, 0.1) is 11.1 Å². The summed E-state index contributed by atoms with van der Waals surface area (Å²) in [4.78, 5) is 29.2. The Morgan fingerprint density at radius 2 is 2.16 bits per heavy atom. The Balaban J connectivity index is 1.48. The van der Waals surface area contributed by atoms with Crippen molar-refractivity contribution < 1.29 is 14.1 Å². The van der Waals surface area contributed by atoms with Crippen molar-refractivity contribution in [2.75, 3.05) is 19.6 Å². The summed E-state index contributed by atoms with van der Waals surface area (Å²) < 4.78 is 5.53. The molecule has 0 spiro atoms. The second-order valence-corrected chi connectivity index (χ2v) is 6.56. The molecule has 5 rings (SSSR count). The second-order valence-electron chi connectivity index (χ2n) is 6.56. The molecule has 1 aromatic heterocycles. The Labute approximate surface area is 144 Å². The number of fused-ring (bicyclic) bond motifs is 3. The summed E-state index contributed by atoms with van der Waals surface area (Å²) >= 11 is 0. The highest BCUT2D eigenvalue weighted by atomic mass is 16.6. The minimum Gasteiger partial charge on any atom is -0.432 e. The highest BCUT2D eigenvalue weighted by Gasteiger charge is 2.35. The van der Waals surface area contributed by atoms with Gasteiger partial charge in [-0.2, -0.15) is 0 Å². The molecule has 3 saturated heterocycles. The van der Waals surface area contributed by atoms with E-state index in [1.165, 1.54) is 18.3 Å². The molecule has 3 aliphatic heterocycles. The topological polar surface area (TPSA) is 102 Å². The molecule has 0 saturated carbocycles. The van der Waals surface area contributed by atoms with Crippen molar-refractivity contribution in [2.45, 2.75) is 18.9 Å². The van der Waals surface area contributed by atoms with Gasteiger partial charge in [-0.3, -0.25) is 14.9 Å². The lowest BCUT2D eigenvalue weighted by Gasteiger charge is -2.44. The minimum absolute atomic E-state index is 0.0158. The minimum atomic E-state index is -0.471. The van der Waals surface area contributed by atoms with Crippen LogP contribution < -0.4 is 5.32 Å². The first kappa shape index (κ1) is 15.8. The van der Waals surface area contributed by atoms with E-state index in [4.69, 9.17) is 4.42 Å². The number of benzene rings is 1. The molecule has 4 heterocycles. The summed E-state index contributed by atoms with van der Waals surface area (Å²) in [5.74, 6) is 0.497. The fourth-order valence-corrected chi connectivity index (χ4v) is 3.64. The van der Waals surface area contributed by atoms with Crippen LogP contribution in [0.4, 0.5) is 5.69 Å². The van der Waals surface area contributed by atoms with Crippen molar-refractivity contribution in [3.8, 4) is 11.3 Å². The third-order valence-corrected chi connectivity index (χ3v) is 5.01. The predicted molar refractivity (Wildman–Crippen MR) is 89.0 cm³/mol. The molecule has 3 aliphatic rings. The van der Waals surface area contributed by atoms with Gasteiger partial charge in [0.15, 0.2) is 5.76 Å². The van der Waals surface area contributed by atoms with Crippen LogP contribution >= 0.6 is 0 Å². The zero-order valence-corrected chi connectivity index (χ0v) is 13.6.